The normalized spacial score (nSPS) is 24.9. The van der Waals surface area contributed by atoms with Gasteiger partial charge in [-0.25, -0.2) is 4.98 Å². The molecule has 0 spiro atoms. The van der Waals surface area contributed by atoms with Gasteiger partial charge in [-0.1, -0.05) is 0 Å². The zero-order valence-corrected chi connectivity index (χ0v) is 11.6. The second-order valence-electron chi connectivity index (χ2n) is 4.89. The van der Waals surface area contributed by atoms with Crippen molar-refractivity contribution in [1.82, 2.24) is 9.97 Å². The van der Waals surface area contributed by atoms with Crippen LogP contribution in [0.4, 0.5) is 5.69 Å². The molecule has 1 aliphatic rings. The zero-order valence-electron chi connectivity index (χ0n) is 10.8. The van der Waals surface area contributed by atoms with Crippen LogP contribution in [0.2, 0.25) is 0 Å². The summed E-state index contributed by atoms with van der Waals surface area (Å²) in [6.07, 6.45) is 0.932. The Kier molecular flexibility index (Phi) is 3.28. The molecule has 2 aromatic rings. The standard InChI is InChI=1S/C13H17N3O2S/c1-8-12(4-5-18-8)19(17)7-13-15-10-3-2-9(14)6-11(10)16-13/h2-3,6,8,12H,4-5,7,14H2,1H3,(H,15,16). The van der Waals surface area contributed by atoms with Gasteiger partial charge in [0.1, 0.15) is 5.82 Å². The number of anilines is 1. The average Bonchev–Trinajstić information content (AvgIpc) is 2.94. The van der Waals surface area contributed by atoms with E-state index in [0.717, 1.165) is 23.3 Å². The number of fused-ring (bicyclic) bond motifs is 1. The molecule has 3 unspecified atom stereocenters. The molecule has 1 aliphatic heterocycles. The number of hydrogen-bond acceptors (Lipinski definition) is 4. The molecule has 1 aromatic carbocycles. The smallest absolute Gasteiger partial charge is 0.119 e. The summed E-state index contributed by atoms with van der Waals surface area (Å²) in [7, 11) is -0.958. The molecule has 0 amide bonds. The molecule has 0 saturated carbocycles. The lowest BCUT2D eigenvalue weighted by Gasteiger charge is -2.12. The summed E-state index contributed by atoms with van der Waals surface area (Å²) in [5, 5.41) is 0.110. The van der Waals surface area contributed by atoms with E-state index >= 15 is 0 Å². The van der Waals surface area contributed by atoms with Gasteiger partial charge < -0.3 is 15.5 Å². The Hall–Kier alpha value is -1.40. The maximum absolute atomic E-state index is 12.3. The molecule has 2 heterocycles. The monoisotopic (exact) mass is 279 g/mol. The van der Waals surface area contributed by atoms with E-state index in [9.17, 15) is 4.21 Å². The van der Waals surface area contributed by atoms with Crippen LogP contribution in [0.15, 0.2) is 18.2 Å². The van der Waals surface area contributed by atoms with Gasteiger partial charge in [0.05, 0.1) is 28.1 Å². The van der Waals surface area contributed by atoms with Crippen molar-refractivity contribution >= 4 is 27.5 Å². The molecule has 1 fully saturated rings. The van der Waals surface area contributed by atoms with Crippen LogP contribution < -0.4 is 5.73 Å². The number of rotatable bonds is 3. The van der Waals surface area contributed by atoms with Crippen LogP contribution in [-0.2, 0) is 21.3 Å². The first-order valence-electron chi connectivity index (χ1n) is 6.36. The van der Waals surface area contributed by atoms with E-state index in [1.807, 2.05) is 25.1 Å². The minimum Gasteiger partial charge on any atom is -0.399 e. The summed E-state index contributed by atoms with van der Waals surface area (Å²) >= 11 is 0. The fourth-order valence-electron chi connectivity index (χ4n) is 2.45. The number of aromatic nitrogens is 2. The first-order valence-corrected chi connectivity index (χ1v) is 7.74. The van der Waals surface area contributed by atoms with Gasteiger partial charge in [0.25, 0.3) is 0 Å². The molecular weight excluding hydrogens is 262 g/mol. The number of benzene rings is 1. The molecule has 1 saturated heterocycles. The Balaban J connectivity index is 1.79. The second kappa shape index (κ2) is 4.94. The minimum atomic E-state index is -0.958. The molecule has 0 aliphatic carbocycles. The highest BCUT2D eigenvalue weighted by atomic mass is 32.2. The van der Waals surface area contributed by atoms with Crippen molar-refractivity contribution in [1.29, 1.82) is 0 Å². The van der Waals surface area contributed by atoms with E-state index in [-0.39, 0.29) is 11.4 Å². The summed E-state index contributed by atoms with van der Waals surface area (Å²) in [6.45, 7) is 2.68. The quantitative estimate of drug-likeness (QED) is 0.836. The summed E-state index contributed by atoms with van der Waals surface area (Å²) in [6, 6.07) is 5.53. The van der Waals surface area contributed by atoms with Gasteiger partial charge in [-0.3, -0.25) is 4.21 Å². The molecule has 3 atom stereocenters. The van der Waals surface area contributed by atoms with Crippen LogP contribution in [0.3, 0.4) is 0 Å². The predicted octanol–water partition coefficient (Wildman–Crippen LogP) is 1.57. The van der Waals surface area contributed by atoms with Crippen LogP contribution in [-0.4, -0.2) is 32.1 Å². The molecule has 19 heavy (non-hydrogen) atoms. The van der Waals surface area contributed by atoms with Crippen LogP contribution in [0.1, 0.15) is 19.2 Å². The van der Waals surface area contributed by atoms with Gasteiger partial charge in [-0.05, 0) is 31.5 Å². The lowest BCUT2D eigenvalue weighted by Crippen LogP contribution is -2.24. The summed E-state index contributed by atoms with van der Waals surface area (Å²) < 4.78 is 17.8. The maximum atomic E-state index is 12.3. The van der Waals surface area contributed by atoms with E-state index in [1.54, 1.807) is 0 Å². The largest absolute Gasteiger partial charge is 0.399 e. The minimum absolute atomic E-state index is 0.0702. The Morgan fingerprint density at radius 1 is 1.58 bits per heavy atom. The summed E-state index contributed by atoms with van der Waals surface area (Å²) in [4.78, 5) is 7.63. The van der Waals surface area contributed by atoms with E-state index < -0.39 is 10.8 Å². The number of nitrogen functional groups attached to an aromatic ring is 1. The van der Waals surface area contributed by atoms with Crippen molar-refractivity contribution in [2.75, 3.05) is 12.3 Å². The van der Waals surface area contributed by atoms with Crippen LogP contribution in [0, 0.1) is 0 Å². The van der Waals surface area contributed by atoms with E-state index in [0.29, 0.717) is 18.0 Å². The number of imidazole rings is 1. The number of nitrogens with zero attached hydrogens (tertiary/aromatic N) is 1. The molecule has 5 nitrogen and oxygen atoms in total. The Morgan fingerprint density at radius 2 is 2.42 bits per heavy atom. The summed E-state index contributed by atoms with van der Waals surface area (Å²) in [5.74, 6) is 1.19. The highest BCUT2D eigenvalue weighted by molar-refractivity contribution is 7.84. The van der Waals surface area contributed by atoms with Gasteiger partial charge in [-0.15, -0.1) is 0 Å². The lowest BCUT2D eigenvalue weighted by molar-refractivity contribution is 0.127. The Morgan fingerprint density at radius 3 is 3.16 bits per heavy atom. The number of hydrogen-bond donors (Lipinski definition) is 2. The van der Waals surface area contributed by atoms with E-state index in [2.05, 4.69) is 9.97 Å². The van der Waals surface area contributed by atoms with Crippen LogP contribution in [0.5, 0.6) is 0 Å². The van der Waals surface area contributed by atoms with Crippen molar-refractivity contribution in [2.24, 2.45) is 0 Å². The highest BCUT2D eigenvalue weighted by Gasteiger charge is 2.30. The molecule has 0 bridgehead atoms. The number of aromatic amines is 1. The molecule has 3 rings (SSSR count). The molecule has 102 valence electrons. The second-order valence-corrected chi connectivity index (χ2v) is 6.54. The maximum Gasteiger partial charge on any atom is 0.119 e. The van der Waals surface area contributed by atoms with Crippen LogP contribution >= 0.6 is 0 Å². The topological polar surface area (TPSA) is 81.0 Å². The predicted molar refractivity (Wildman–Crippen MR) is 76.2 cm³/mol. The molecule has 1 aromatic heterocycles. The first kappa shape index (κ1) is 12.6. The molecule has 3 N–H and O–H groups in total. The van der Waals surface area contributed by atoms with E-state index in [1.165, 1.54) is 0 Å². The lowest BCUT2D eigenvalue weighted by atomic mass is 10.3. The fraction of sp³-hybridized carbons (Fsp3) is 0.462. The van der Waals surface area contributed by atoms with Crippen molar-refractivity contribution in [3.8, 4) is 0 Å². The molecule has 6 heteroatoms. The molecular formula is C13H17N3O2S. The first-order chi connectivity index (χ1) is 9.13. The Bertz CT molecular complexity index is 625. The number of nitrogens with one attached hydrogen (secondary N) is 1. The van der Waals surface area contributed by atoms with E-state index in [4.69, 9.17) is 10.5 Å². The van der Waals surface area contributed by atoms with Gasteiger partial charge in [0, 0.05) is 23.1 Å². The fourth-order valence-corrected chi connectivity index (χ4v) is 3.93. The number of ether oxygens (including phenoxy) is 1. The van der Waals surface area contributed by atoms with Crippen molar-refractivity contribution in [3.05, 3.63) is 24.0 Å². The third-order valence-electron chi connectivity index (χ3n) is 3.48. The highest BCUT2D eigenvalue weighted by Crippen LogP contribution is 2.22. The van der Waals surface area contributed by atoms with Gasteiger partial charge in [0.2, 0.25) is 0 Å². The Labute approximate surface area is 114 Å². The number of H-pyrrole nitrogens is 1. The molecule has 0 radical (unpaired) electrons. The van der Waals surface area contributed by atoms with Crippen molar-refractivity contribution in [3.63, 3.8) is 0 Å². The number of nitrogens with two attached hydrogens (primary N) is 1. The zero-order chi connectivity index (χ0) is 13.4. The van der Waals surface area contributed by atoms with Gasteiger partial charge >= 0.3 is 0 Å². The van der Waals surface area contributed by atoms with Gasteiger partial charge in [-0.2, -0.15) is 0 Å². The van der Waals surface area contributed by atoms with Gasteiger partial charge in [0.15, 0.2) is 0 Å². The SMILES string of the molecule is CC1OCCC1S(=O)Cc1nc2ccc(N)cc2[nH]1. The van der Waals surface area contributed by atoms with Crippen molar-refractivity contribution < 1.29 is 8.95 Å². The average molecular weight is 279 g/mol. The third-order valence-corrected chi connectivity index (χ3v) is 5.33. The van der Waals surface area contributed by atoms with Crippen molar-refractivity contribution in [2.45, 2.75) is 30.5 Å². The third kappa shape index (κ3) is 2.50. The van der Waals surface area contributed by atoms with Crippen LogP contribution in [0.25, 0.3) is 11.0 Å². The summed E-state index contributed by atoms with van der Waals surface area (Å²) in [5.41, 5.74) is 8.17.